The summed E-state index contributed by atoms with van der Waals surface area (Å²) in [7, 11) is 0. The topological polar surface area (TPSA) is 55.2 Å². The molecule has 1 aliphatic rings. The molecule has 0 amide bonds. The van der Waals surface area contributed by atoms with Crippen LogP contribution in [0.4, 0.5) is 11.4 Å². The molecule has 4 heteroatoms. The van der Waals surface area contributed by atoms with Crippen molar-refractivity contribution >= 4 is 11.4 Å². The Bertz CT molecular complexity index is 463. The van der Waals surface area contributed by atoms with E-state index < -0.39 is 0 Å². The van der Waals surface area contributed by atoms with Crippen molar-refractivity contribution in [3.63, 3.8) is 0 Å². The minimum absolute atomic E-state index is 0.200. The first kappa shape index (κ1) is 12.9. The Morgan fingerprint density at radius 3 is 2.78 bits per heavy atom. The van der Waals surface area contributed by atoms with Gasteiger partial charge in [0.25, 0.3) is 5.69 Å². The number of para-hydroxylation sites is 1. The Morgan fingerprint density at radius 2 is 2.17 bits per heavy atom. The zero-order valence-electron chi connectivity index (χ0n) is 11.2. The molecule has 1 aromatic carbocycles. The van der Waals surface area contributed by atoms with Crippen LogP contribution in [0, 0.1) is 15.5 Å². The summed E-state index contributed by atoms with van der Waals surface area (Å²) in [4.78, 5) is 10.6. The van der Waals surface area contributed by atoms with E-state index in [0.717, 1.165) is 30.6 Å². The van der Waals surface area contributed by atoms with Gasteiger partial charge in [-0.05, 0) is 23.8 Å². The van der Waals surface area contributed by atoms with E-state index in [9.17, 15) is 10.1 Å². The van der Waals surface area contributed by atoms with Crippen LogP contribution < -0.4 is 5.32 Å². The number of hydrogen-bond acceptors (Lipinski definition) is 3. The van der Waals surface area contributed by atoms with Crippen molar-refractivity contribution in [1.29, 1.82) is 0 Å². The third kappa shape index (κ3) is 2.63. The third-order valence-corrected chi connectivity index (χ3v) is 3.48. The molecular weight excluding hydrogens is 228 g/mol. The molecule has 0 bridgehead atoms. The molecule has 1 atom stereocenters. The van der Waals surface area contributed by atoms with Crippen LogP contribution in [0.25, 0.3) is 0 Å². The first-order valence-electron chi connectivity index (χ1n) is 6.40. The van der Waals surface area contributed by atoms with E-state index in [2.05, 4.69) is 26.1 Å². The first-order valence-corrected chi connectivity index (χ1v) is 6.40. The van der Waals surface area contributed by atoms with Crippen LogP contribution in [-0.4, -0.2) is 11.5 Å². The second kappa shape index (κ2) is 4.59. The van der Waals surface area contributed by atoms with Gasteiger partial charge in [-0.1, -0.05) is 32.9 Å². The van der Waals surface area contributed by atoms with Crippen molar-refractivity contribution in [3.05, 3.63) is 33.9 Å². The number of hydrogen-bond donors (Lipinski definition) is 1. The average Bonchev–Trinajstić information content (AvgIpc) is 2.68. The van der Waals surface area contributed by atoms with Crippen molar-refractivity contribution in [2.24, 2.45) is 5.41 Å². The third-order valence-electron chi connectivity index (χ3n) is 3.48. The summed E-state index contributed by atoms with van der Waals surface area (Å²) in [6.45, 7) is 7.49. The average molecular weight is 248 g/mol. The number of nitrogens with one attached hydrogen (secondary N) is 1. The van der Waals surface area contributed by atoms with Gasteiger partial charge in [0.05, 0.1) is 4.92 Å². The predicted molar refractivity (Wildman–Crippen MR) is 73.0 cm³/mol. The Labute approximate surface area is 108 Å². The van der Waals surface area contributed by atoms with E-state index in [1.54, 1.807) is 12.1 Å². The zero-order valence-corrected chi connectivity index (χ0v) is 11.2. The highest BCUT2D eigenvalue weighted by Gasteiger charge is 2.29. The van der Waals surface area contributed by atoms with E-state index in [1.165, 1.54) is 0 Å². The van der Waals surface area contributed by atoms with Gasteiger partial charge in [-0.25, -0.2) is 0 Å². The van der Waals surface area contributed by atoms with Crippen molar-refractivity contribution in [2.75, 3.05) is 11.9 Å². The first-order chi connectivity index (χ1) is 8.38. The molecule has 2 rings (SSSR count). The molecule has 18 heavy (non-hydrogen) atoms. The Balaban J connectivity index is 2.19. The molecule has 0 fully saturated rings. The number of fused-ring (bicyclic) bond motifs is 1. The van der Waals surface area contributed by atoms with Gasteiger partial charge in [0.2, 0.25) is 0 Å². The molecule has 1 aliphatic heterocycles. The van der Waals surface area contributed by atoms with Gasteiger partial charge in [0, 0.05) is 18.5 Å². The SMILES string of the molecule is CC(C)(C)CCC1CNc2c1cccc2[N+](=O)[O-]. The Kier molecular flexibility index (Phi) is 3.28. The molecule has 1 N–H and O–H groups in total. The van der Waals surface area contributed by atoms with Crippen LogP contribution in [0.3, 0.4) is 0 Å². The second-order valence-corrected chi connectivity index (χ2v) is 6.18. The van der Waals surface area contributed by atoms with Gasteiger partial charge in [0.1, 0.15) is 5.69 Å². The maximum absolute atomic E-state index is 11.0. The molecule has 4 nitrogen and oxygen atoms in total. The Morgan fingerprint density at radius 1 is 1.44 bits per heavy atom. The Hall–Kier alpha value is -1.58. The van der Waals surface area contributed by atoms with E-state index in [-0.39, 0.29) is 10.6 Å². The maximum atomic E-state index is 11.0. The van der Waals surface area contributed by atoms with E-state index in [4.69, 9.17) is 0 Å². The molecular formula is C14H20N2O2. The normalized spacial score (nSPS) is 18.3. The van der Waals surface area contributed by atoms with Gasteiger partial charge in [0.15, 0.2) is 0 Å². The highest BCUT2D eigenvalue weighted by atomic mass is 16.6. The molecule has 1 heterocycles. The van der Waals surface area contributed by atoms with E-state index >= 15 is 0 Å². The van der Waals surface area contributed by atoms with E-state index in [1.807, 2.05) is 6.07 Å². The van der Waals surface area contributed by atoms with Crippen LogP contribution in [0.1, 0.15) is 45.1 Å². The highest BCUT2D eigenvalue weighted by Crippen LogP contribution is 2.41. The summed E-state index contributed by atoms with van der Waals surface area (Å²) in [6.07, 6.45) is 2.20. The molecule has 98 valence electrons. The zero-order chi connectivity index (χ0) is 13.3. The van der Waals surface area contributed by atoms with Gasteiger partial charge in [-0.2, -0.15) is 0 Å². The maximum Gasteiger partial charge on any atom is 0.292 e. The van der Waals surface area contributed by atoms with E-state index in [0.29, 0.717) is 11.3 Å². The molecule has 0 saturated heterocycles. The van der Waals surface area contributed by atoms with Gasteiger partial charge < -0.3 is 5.32 Å². The lowest BCUT2D eigenvalue weighted by atomic mass is 9.85. The number of nitrogens with zero attached hydrogens (tertiary/aromatic N) is 1. The largest absolute Gasteiger partial charge is 0.379 e. The summed E-state index contributed by atoms with van der Waals surface area (Å²) in [6, 6.07) is 5.36. The number of rotatable bonds is 3. The standard InChI is InChI=1S/C14H20N2O2/c1-14(2,3)8-7-10-9-15-13-11(10)5-4-6-12(13)16(17)18/h4-6,10,15H,7-9H2,1-3H3. The molecule has 0 aliphatic carbocycles. The monoisotopic (exact) mass is 248 g/mol. The van der Waals surface area contributed by atoms with Crippen molar-refractivity contribution < 1.29 is 4.92 Å². The summed E-state index contributed by atoms with van der Waals surface area (Å²) >= 11 is 0. The highest BCUT2D eigenvalue weighted by molar-refractivity contribution is 5.70. The quantitative estimate of drug-likeness (QED) is 0.651. The molecule has 0 saturated carbocycles. The summed E-state index contributed by atoms with van der Waals surface area (Å²) in [5.41, 5.74) is 2.34. The van der Waals surface area contributed by atoms with Crippen molar-refractivity contribution in [3.8, 4) is 0 Å². The minimum atomic E-state index is -0.308. The van der Waals surface area contributed by atoms with Gasteiger partial charge >= 0.3 is 0 Å². The number of nitro groups is 1. The predicted octanol–water partition coefficient (Wildman–Crippen LogP) is 3.93. The fourth-order valence-electron chi connectivity index (χ4n) is 2.44. The van der Waals surface area contributed by atoms with Crippen LogP contribution in [0.5, 0.6) is 0 Å². The summed E-state index contributed by atoms with van der Waals surface area (Å²) in [5, 5.41) is 14.1. The lowest BCUT2D eigenvalue weighted by Crippen LogP contribution is -2.09. The lowest BCUT2D eigenvalue weighted by molar-refractivity contribution is -0.383. The fraction of sp³-hybridized carbons (Fsp3) is 0.571. The molecule has 0 radical (unpaired) electrons. The van der Waals surface area contributed by atoms with Gasteiger partial charge in [-0.3, -0.25) is 10.1 Å². The van der Waals surface area contributed by atoms with Crippen molar-refractivity contribution in [1.82, 2.24) is 0 Å². The smallest absolute Gasteiger partial charge is 0.292 e. The second-order valence-electron chi connectivity index (χ2n) is 6.18. The lowest BCUT2D eigenvalue weighted by Gasteiger charge is -2.20. The van der Waals surface area contributed by atoms with Crippen LogP contribution in [0.15, 0.2) is 18.2 Å². The molecule has 0 spiro atoms. The van der Waals surface area contributed by atoms with Crippen LogP contribution in [0.2, 0.25) is 0 Å². The molecule has 1 aromatic rings. The molecule has 1 unspecified atom stereocenters. The van der Waals surface area contributed by atoms with Gasteiger partial charge in [-0.15, -0.1) is 0 Å². The van der Waals surface area contributed by atoms with Crippen LogP contribution >= 0.6 is 0 Å². The number of benzene rings is 1. The molecule has 0 aromatic heterocycles. The summed E-state index contributed by atoms with van der Waals surface area (Å²) in [5.74, 6) is 0.402. The number of anilines is 1. The van der Waals surface area contributed by atoms with Crippen molar-refractivity contribution in [2.45, 2.75) is 39.5 Å². The fourth-order valence-corrected chi connectivity index (χ4v) is 2.44. The number of nitro benzene ring substituents is 1. The summed E-state index contributed by atoms with van der Waals surface area (Å²) < 4.78 is 0. The van der Waals surface area contributed by atoms with Crippen LogP contribution in [-0.2, 0) is 0 Å². The minimum Gasteiger partial charge on any atom is -0.379 e.